The van der Waals surface area contributed by atoms with Crippen LogP contribution in [-0.2, 0) is 21.3 Å². The molecule has 7 aromatic rings. The minimum Gasteiger partial charge on any atom is -0.387 e. The number of hydrogen-bond donors (Lipinski definition) is 2. The maximum absolute atomic E-state index is 15.5. The molecule has 67 heavy (non-hydrogen) atoms. The van der Waals surface area contributed by atoms with E-state index in [1.807, 2.05) is 54.5 Å². The summed E-state index contributed by atoms with van der Waals surface area (Å²) in [5.74, 6) is -0.0535. The number of aryl methyl sites for hydroxylation is 2. The monoisotopic (exact) mass is 938 g/mol. The molecule has 0 unspecified atom stereocenters. The van der Waals surface area contributed by atoms with Crippen molar-refractivity contribution in [3.63, 3.8) is 0 Å². The molecule has 1 radical (unpaired) electrons. The first kappa shape index (κ1) is 46.8. The SMILES string of the molecule is CCP(=O)(CC)c1ccc(-n2ccn(-c3c4c(nn3-c3cc(C)c(F)c(C)c3)CCN(C(=O)c3cc5cc(C6CCOCC6)ccc5n3[C@@]3(c5noc(=O)[nH]5)C[C@@H]3C)[C@H]4C)c2=O)cc1NC.[Na]. The van der Waals surface area contributed by atoms with Gasteiger partial charge in [0.15, 0.2) is 5.82 Å². The fourth-order valence-corrected chi connectivity index (χ4v) is 12.8. The molecule has 15 nitrogen and oxygen atoms in total. The summed E-state index contributed by atoms with van der Waals surface area (Å²) in [4.78, 5) is 47.4. The number of halogens is 1. The number of carbonyl (C=O) groups is 1. The molecule has 1 saturated carbocycles. The van der Waals surface area contributed by atoms with Gasteiger partial charge in [0.1, 0.15) is 30.0 Å². The average molecular weight is 939 g/mol. The Morgan fingerprint density at radius 3 is 2.31 bits per heavy atom. The van der Waals surface area contributed by atoms with Gasteiger partial charge in [-0.2, -0.15) is 5.10 Å². The molecule has 3 aliphatic rings. The van der Waals surface area contributed by atoms with Crippen molar-refractivity contribution in [2.75, 3.05) is 44.4 Å². The quantitative estimate of drug-likeness (QED) is 0.0998. The summed E-state index contributed by atoms with van der Waals surface area (Å²) >= 11 is 0. The normalized spacial score (nSPS) is 19.7. The summed E-state index contributed by atoms with van der Waals surface area (Å²) in [6, 6.07) is 16.7. The molecule has 0 spiro atoms. The molecule has 2 N–H and O–H groups in total. The zero-order valence-corrected chi connectivity index (χ0v) is 42.2. The van der Waals surface area contributed by atoms with Gasteiger partial charge in [-0.3, -0.25) is 23.4 Å². The van der Waals surface area contributed by atoms with Crippen molar-refractivity contribution >= 4 is 64.5 Å². The van der Waals surface area contributed by atoms with Gasteiger partial charge >= 0.3 is 11.4 Å². The Morgan fingerprint density at radius 1 is 0.970 bits per heavy atom. The number of H-pyrrole nitrogens is 1. The van der Waals surface area contributed by atoms with E-state index in [0.717, 1.165) is 29.0 Å². The third kappa shape index (κ3) is 7.54. The number of benzene rings is 3. The molecule has 1 aliphatic carbocycles. The second-order valence-corrected chi connectivity index (χ2v) is 21.8. The predicted molar refractivity (Wildman–Crippen MR) is 257 cm³/mol. The minimum absolute atomic E-state index is 0. The van der Waals surface area contributed by atoms with Gasteiger partial charge in [0.2, 0.25) is 0 Å². The van der Waals surface area contributed by atoms with E-state index in [4.69, 9.17) is 14.4 Å². The van der Waals surface area contributed by atoms with Gasteiger partial charge in [0.25, 0.3) is 5.91 Å². The van der Waals surface area contributed by atoms with E-state index in [-0.39, 0.29) is 52.9 Å². The zero-order valence-electron chi connectivity index (χ0n) is 39.4. The van der Waals surface area contributed by atoms with Crippen LogP contribution >= 0.6 is 7.14 Å². The van der Waals surface area contributed by atoms with Gasteiger partial charge in [-0.15, -0.1) is 0 Å². The number of imidazole rings is 1. The van der Waals surface area contributed by atoms with Crippen molar-refractivity contribution in [3.8, 4) is 17.2 Å². The fourth-order valence-electron chi connectivity index (χ4n) is 10.7. The molecule has 1 amide bonds. The van der Waals surface area contributed by atoms with Crippen LogP contribution in [0.25, 0.3) is 28.1 Å². The second-order valence-electron chi connectivity index (χ2n) is 18.3. The van der Waals surface area contributed by atoms with E-state index in [1.165, 1.54) is 14.7 Å². The number of rotatable bonds is 11. The number of nitrogens with zero attached hydrogens (tertiary/aromatic N) is 7. The molecule has 3 aromatic carbocycles. The van der Waals surface area contributed by atoms with E-state index in [2.05, 4.69) is 40.6 Å². The molecular weight excluding hydrogens is 884 g/mol. The Bertz CT molecular complexity index is 3220. The van der Waals surface area contributed by atoms with Gasteiger partial charge in [0.05, 0.1) is 23.1 Å². The van der Waals surface area contributed by atoms with Gasteiger partial charge in [0, 0.05) is 115 Å². The van der Waals surface area contributed by atoms with E-state index in [9.17, 15) is 14.2 Å². The Hall–Kier alpha value is -5.25. The predicted octanol–water partition coefficient (Wildman–Crippen LogP) is 7.33. The summed E-state index contributed by atoms with van der Waals surface area (Å²) in [5.41, 5.74) is 5.36. The maximum Gasteiger partial charge on any atom is 0.438 e. The van der Waals surface area contributed by atoms with Crippen LogP contribution in [0.2, 0.25) is 0 Å². The van der Waals surface area contributed by atoms with Gasteiger partial charge in [-0.1, -0.05) is 32.0 Å². The molecule has 1 saturated heterocycles. The Morgan fingerprint density at radius 2 is 1.67 bits per heavy atom. The maximum atomic E-state index is 15.5. The number of anilines is 1. The van der Waals surface area contributed by atoms with Crippen LogP contribution in [-0.4, -0.2) is 113 Å². The van der Waals surface area contributed by atoms with Crippen LogP contribution in [0.15, 0.2) is 81.1 Å². The van der Waals surface area contributed by atoms with Crippen molar-refractivity contribution in [1.82, 2.24) is 38.5 Å². The van der Waals surface area contributed by atoms with Gasteiger partial charge in [-0.05, 0) is 117 Å². The standard InChI is InChI=1S/C49H55FN9O6P.Na/c1-8-66(63,9-2)41-13-11-35(26-38(41)51-7)56-18-19-57(48(56)62)44-42-31(6)55(17-14-37(42)53-59(44)36-22-28(3)43(50)29(4)23-36)45(60)40-25-34-24-33(32-15-20-64-21-16-32)10-12-39(34)58(40)49(27-30(49)5)46-52-47(61)65-54-46;/h10-13,18-19,22-26,30-32,51H,8-9,14-17,20-21,27H2,1-7H3,(H,52,54,61);/t30-,31-,49-;/m0./s1. The van der Waals surface area contributed by atoms with E-state index >= 15 is 9.18 Å². The number of fused-ring (bicyclic) bond motifs is 2. The van der Waals surface area contributed by atoms with E-state index < -0.39 is 24.5 Å². The molecule has 18 heteroatoms. The molecule has 3 atom stereocenters. The number of hydrogen-bond acceptors (Lipinski definition) is 9. The molecule has 2 fully saturated rings. The number of ether oxygens (including phenoxy) is 1. The van der Waals surface area contributed by atoms with Crippen LogP contribution in [0, 0.1) is 25.6 Å². The number of nitrogens with one attached hydrogen (secondary N) is 2. The van der Waals surface area contributed by atoms with Crippen molar-refractivity contribution in [1.29, 1.82) is 0 Å². The first-order chi connectivity index (χ1) is 31.7. The van der Waals surface area contributed by atoms with Crippen molar-refractivity contribution < 1.29 is 23.0 Å². The zero-order chi connectivity index (χ0) is 46.4. The summed E-state index contributed by atoms with van der Waals surface area (Å²) in [5, 5.41) is 14.2. The van der Waals surface area contributed by atoms with Crippen molar-refractivity contribution in [2.45, 2.75) is 84.7 Å². The van der Waals surface area contributed by atoms with Gasteiger partial charge < -0.3 is 24.1 Å². The Kier molecular flexibility index (Phi) is 12.4. The first-order valence-corrected chi connectivity index (χ1v) is 25.0. The summed E-state index contributed by atoms with van der Waals surface area (Å²) in [6.07, 6.45) is 7.25. The summed E-state index contributed by atoms with van der Waals surface area (Å²) in [6.45, 7) is 13.0. The van der Waals surface area contributed by atoms with Crippen molar-refractivity contribution in [2.24, 2.45) is 5.92 Å². The molecule has 10 rings (SSSR count). The van der Waals surface area contributed by atoms with Crippen LogP contribution in [0.3, 0.4) is 0 Å². The smallest absolute Gasteiger partial charge is 0.387 e. The minimum atomic E-state index is -2.65. The van der Waals surface area contributed by atoms with Crippen LogP contribution in [0.1, 0.15) is 103 Å². The van der Waals surface area contributed by atoms with Gasteiger partial charge in [-0.25, -0.2) is 18.7 Å². The number of aromatic nitrogens is 7. The Balaban J connectivity index is 0.00000562. The van der Waals surface area contributed by atoms with Crippen molar-refractivity contribution in [3.05, 3.63) is 133 Å². The van der Waals surface area contributed by atoms with E-state index in [0.29, 0.717) is 108 Å². The number of carbonyl (C=O) groups excluding carboxylic acids is 1. The molecule has 6 heterocycles. The van der Waals surface area contributed by atoms with Crippen LogP contribution in [0.5, 0.6) is 0 Å². The summed E-state index contributed by atoms with van der Waals surface area (Å²) in [7, 11) is -0.871. The fraction of sp³-hybridized carbons (Fsp3) is 0.408. The van der Waals surface area contributed by atoms with E-state index in [1.54, 1.807) is 50.1 Å². The molecular formula is C49H55FN9NaO6P. The Labute approximate surface area is 409 Å². The molecule has 2 aliphatic heterocycles. The van der Waals surface area contributed by atoms with Crippen LogP contribution < -0.4 is 22.1 Å². The largest absolute Gasteiger partial charge is 0.438 e. The summed E-state index contributed by atoms with van der Waals surface area (Å²) < 4.78 is 46.5. The average Bonchev–Trinajstić information content (AvgIpc) is 3.82. The number of aromatic amines is 1. The van der Waals surface area contributed by atoms with Crippen LogP contribution in [0.4, 0.5) is 10.1 Å². The third-order valence-electron chi connectivity index (χ3n) is 14.6. The number of amides is 1. The first-order valence-electron chi connectivity index (χ1n) is 22.9. The molecule has 0 bridgehead atoms. The molecule has 345 valence electrons. The second kappa shape index (κ2) is 17.7. The molecule has 4 aromatic heterocycles. The topological polar surface area (TPSA) is 167 Å². The third-order valence-corrected chi connectivity index (χ3v) is 17.9.